The van der Waals surface area contributed by atoms with Crippen molar-refractivity contribution in [2.24, 2.45) is 5.73 Å². The third kappa shape index (κ3) is 3.45. The summed E-state index contributed by atoms with van der Waals surface area (Å²) in [7, 11) is 0. The molecule has 120 valence electrons. The van der Waals surface area contributed by atoms with Crippen molar-refractivity contribution in [3.05, 3.63) is 70.3 Å². The Morgan fingerprint density at radius 2 is 1.87 bits per heavy atom. The minimum atomic E-state index is -0.370. The Morgan fingerprint density at radius 3 is 2.52 bits per heavy atom. The number of hydrogen-bond acceptors (Lipinski definition) is 2. The van der Waals surface area contributed by atoms with Crippen LogP contribution in [0, 0.1) is 13.8 Å². The summed E-state index contributed by atoms with van der Waals surface area (Å²) in [4.78, 5) is 13.7. The minimum Gasteiger partial charge on any atom is -0.366 e. The number of nitrogens with two attached hydrogens (primary N) is 1. The second-order valence-electron chi connectivity index (χ2n) is 6.53. The molecule has 3 rings (SSSR count). The largest absolute Gasteiger partial charge is 0.366 e. The van der Waals surface area contributed by atoms with E-state index in [9.17, 15) is 4.79 Å². The van der Waals surface area contributed by atoms with Crippen molar-refractivity contribution in [3.63, 3.8) is 0 Å². The van der Waals surface area contributed by atoms with E-state index in [0.29, 0.717) is 11.6 Å². The number of amides is 1. The van der Waals surface area contributed by atoms with Crippen LogP contribution in [0.4, 0.5) is 0 Å². The molecule has 1 aliphatic heterocycles. The monoisotopic (exact) mass is 308 g/mol. The molecule has 2 aromatic rings. The highest BCUT2D eigenvalue weighted by Gasteiger charge is 2.26. The molecule has 3 nitrogen and oxygen atoms in total. The molecule has 1 saturated heterocycles. The number of carbonyl (C=O) groups excluding carboxylic acids is 1. The summed E-state index contributed by atoms with van der Waals surface area (Å²) < 4.78 is 0. The highest BCUT2D eigenvalue weighted by molar-refractivity contribution is 5.92. The SMILES string of the molecule is Cc1ccc(C2CCCN2Cc2ccc(C(N)=O)cc2)cc1C. The van der Waals surface area contributed by atoms with Crippen LogP contribution >= 0.6 is 0 Å². The third-order valence-electron chi connectivity index (χ3n) is 4.90. The number of nitrogens with zero attached hydrogens (tertiary/aromatic N) is 1. The van der Waals surface area contributed by atoms with Crippen LogP contribution in [0.5, 0.6) is 0 Å². The van der Waals surface area contributed by atoms with Crippen LogP contribution in [0.15, 0.2) is 42.5 Å². The Bertz CT molecular complexity index is 706. The van der Waals surface area contributed by atoms with Crippen molar-refractivity contribution in [2.75, 3.05) is 6.54 Å². The first-order valence-corrected chi connectivity index (χ1v) is 8.24. The van der Waals surface area contributed by atoms with Gasteiger partial charge in [-0.25, -0.2) is 0 Å². The Balaban J connectivity index is 1.76. The van der Waals surface area contributed by atoms with Crippen LogP contribution in [-0.2, 0) is 6.54 Å². The van der Waals surface area contributed by atoms with Crippen LogP contribution in [0.3, 0.4) is 0 Å². The van der Waals surface area contributed by atoms with Gasteiger partial charge in [0.1, 0.15) is 0 Å². The fraction of sp³-hybridized carbons (Fsp3) is 0.350. The molecule has 2 aromatic carbocycles. The van der Waals surface area contributed by atoms with Gasteiger partial charge in [0, 0.05) is 18.2 Å². The van der Waals surface area contributed by atoms with E-state index in [1.165, 1.54) is 35.1 Å². The van der Waals surface area contributed by atoms with E-state index >= 15 is 0 Å². The molecule has 0 bridgehead atoms. The molecule has 1 amide bonds. The maximum absolute atomic E-state index is 11.2. The average Bonchev–Trinajstić information content (AvgIpc) is 2.99. The molecule has 1 heterocycles. The van der Waals surface area contributed by atoms with Gasteiger partial charge in [-0.1, -0.05) is 30.3 Å². The summed E-state index contributed by atoms with van der Waals surface area (Å²) in [6.45, 7) is 6.37. The molecule has 1 unspecified atom stereocenters. The van der Waals surface area contributed by atoms with Crippen molar-refractivity contribution in [1.29, 1.82) is 0 Å². The molecule has 0 saturated carbocycles. The molecule has 3 heteroatoms. The van der Waals surface area contributed by atoms with Crippen LogP contribution in [0.2, 0.25) is 0 Å². The van der Waals surface area contributed by atoms with Gasteiger partial charge in [-0.15, -0.1) is 0 Å². The van der Waals surface area contributed by atoms with Gasteiger partial charge in [0.05, 0.1) is 0 Å². The number of primary amides is 1. The maximum atomic E-state index is 11.2. The number of aryl methyl sites for hydroxylation is 2. The van der Waals surface area contributed by atoms with Gasteiger partial charge >= 0.3 is 0 Å². The first-order chi connectivity index (χ1) is 11.0. The van der Waals surface area contributed by atoms with E-state index in [1.54, 1.807) is 0 Å². The molecule has 0 spiro atoms. The normalized spacial score (nSPS) is 18.3. The topological polar surface area (TPSA) is 46.3 Å². The molecule has 2 N–H and O–H groups in total. The summed E-state index contributed by atoms with van der Waals surface area (Å²) in [5.74, 6) is -0.370. The van der Waals surface area contributed by atoms with Crippen molar-refractivity contribution >= 4 is 5.91 Å². The van der Waals surface area contributed by atoms with Crippen LogP contribution in [0.25, 0.3) is 0 Å². The van der Waals surface area contributed by atoms with Crippen LogP contribution in [0.1, 0.15) is 51.5 Å². The molecule has 0 radical (unpaired) electrons. The zero-order valence-corrected chi connectivity index (χ0v) is 13.9. The zero-order valence-electron chi connectivity index (χ0n) is 13.9. The number of hydrogen-bond donors (Lipinski definition) is 1. The Hall–Kier alpha value is -2.13. The van der Waals surface area contributed by atoms with Gasteiger partial charge in [0.15, 0.2) is 0 Å². The zero-order chi connectivity index (χ0) is 16.4. The number of benzene rings is 2. The quantitative estimate of drug-likeness (QED) is 0.935. The lowest BCUT2D eigenvalue weighted by molar-refractivity contribution is 0.100. The molecule has 1 atom stereocenters. The van der Waals surface area contributed by atoms with Gasteiger partial charge in [-0.05, 0) is 67.6 Å². The fourth-order valence-electron chi connectivity index (χ4n) is 3.37. The highest BCUT2D eigenvalue weighted by atomic mass is 16.1. The van der Waals surface area contributed by atoms with Gasteiger partial charge in [0.2, 0.25) is 5.91 Å². The second kappa shape index (κ2) is 6.55. The van der Waals surface area contributed by atoms with Crippen molar-refractivity contribution < 1.29 is 4.79 Å². The molecule has 1 fully saturated rings. The highest BCUT2D eigenvalue weighted by Crippen LogP contribution is 2.33. The standard InChI is InChI=1S/C20H24N2O/c1-14-5-8-18(12-15(14)2)19-4-3-11-22(19)13-16-6-9-17(10-7-16)20(21)23/h5-10,12,19H,3-4,11,13H2,1-2H3,(H2,21,23). The molecule has 23 heavy (non-hydrogen) atoms. The predicted molar refractivity (Wildman–Crippen MR) is 93.3 cm³/mol. The molecule has 1 aliphatic rings. The molecular weight excluding hydrogens is 284 g/mol. The van der Waals surface area contributed by atoms with Gasteiger partial charge in [0.25, 0.3) is 0 Å². The number of likely N-dealkylation sites (tertiary alicyclic amines) is 1. The average molecular weight is 308 g/mol. The Labute approximate surface area is 138 Å². The smallest absolute Gasteiger partial charge is 0.248 e. The third-order valence-corrected chi connectivity index (χ3v) is 4.90. The Kier molecular flexibility index (Phi) is 4.49. The summed E-state index contributed by atoms with van der Waals surface area (Å²) in [6, 6.07) is 15.0. The van der Waals surface area contributed by atoms with Crippen LogP contribution in [-0.4, -0.2) is 17.4 Å². The predicted octanol–water partition coefficient (Wildman–Crippen LogP) is 3.74. The van der Waals surface area contributed by atoms with Crippen LogP contribution < -0.4 is 5.73 Å². The molecule has 0 aliphatic carbocycles. The summed E-state index contributed by atoms with van der Waals surface area (Å²) in [5.41, 5.74) is 11.2. The van der Waals surface area contributed by atoms with Gasteiger partial charge < -0.3 is 5.73 Å². The summed E-state index contributed by atoms with van der Waals surface area (Å²) >= 11 is 0. The fourth-order valence-corrected chi connectivity index (χ4v) is 3.37. The second-order valence-corrected chi connectivity index (χ2v) is 6.53. The van der Waals surface area contributed by atoms with Crippen molar-refractivity contribution in [1.82, 2.24) is 4.90 Å². The van der Waals surface area contributed by atoms with Gasteiger partial charge in [-0.2, -0.15) is 0 Å². The first kappa shape index (κ1) is 15.8. The number of rotatable bonds is 4. The minimum absolute atomic E-state index is 0.370. The van der Waals surface area contributed by atoms with Crippen molar-refractivity contribution in [2.45, 2.75) is 39.3 Å². The molecule has 0 aromatic heterocycles. The lowest BCUT2D eigenvalue weighted by Crippen LogP contribution is -2.23. The van der Waals surface area contributed by atoms with E-state index in [4.69, 9.17) is 5.73 Å². The Morgan fingerprint density at radius 1 is 1.13 bits per heavy atom. The van der Waals surface area contributed by atoms with Gasteiger partial charge in [-0.3, -0.25) is 9.69 Å². The maximum Gasteiger partial charge on any atom is 0.248 e. The summed E-state index contributed by atoms with van der Waals surface area (Å²) in [6.07, 6.45) is 2.44. The summed E-state index contributed by atoms with van der Waals surface area (Å²) in [5, 5.41) is 0. The van der Waals surface area contributed by atoms with E-state index in [1.807, 2.05) is 24.3 Å². The van der Waals surface area contributed by atoms with Crippen molar-refractivity contribution in [3.8, 4) is 0 Å². The van der Waals surface area contributed by atoms with E-state index in [-0.39, 0.29) is 5.91 Å². The van der Waals surface area contributed by atoms with E-state index < -0.39 is 0 Å². The van der Waals surface area contributed by atoms with E-state index in [2.05, 4.69) is 36.9 Å². The first-order valence-electron chi connectivity index (χ1n) is 8.24. The lowest BCUT2D eigenvalue weighted by atomic mass is 9.99. The lowest BCUT2D eigenvalue weighted by Gasteiger charge is -2.25. The number of carbonyl (C=O) groups is 1. The van der Waals surface area contributed by atoms with E-state index in [0.717, 1.165) is 13.1 Å². The molecular formula is C20H24N2O.